The van der Waals surface area contributed by atoms with E-state index in [9.17, 15) is 0 Å². The van der Waals surface area contributed by atoms with Crippen LogP contribution in [0, 0.1) is 5.92 Å². The summed E-state index contributed by atoms with van der Waals surface area (Å²) in [6.07, 6.45) is 9.54. The predicted molar refractivity (Wildman–Crippen MR) is 133 cm³/mol. The highest BCUT2D eigenvalue weighted by Crippen LogP contribution is 2.31. The van der Waals surface area contributed by atoms with Crippen LogP contribution >= 0.6 is 24.0 Å². The molecule has 1 N–H and O–H groups in total. The molecule has 1 aromatic carbocycles. The average Bonchev–Trinajstić information content (AvgIpc) is 3.27. The summed E-state index contributed by atoms with van der Waals surface area (Å²) in [4.78, 5) is 14.2. The summed E-state index contributed by atoms with van der Waals surface area (Å²) >= 11 is 0. The van der Waals surface area contributed by atoms with Crippen molar-refractivity contribution in [3.05, 3.63) is 54.6 Å². The molecule has 30 heavy (non-hydrogen) atoms. The van der Waals surface area contributed by atoms with Gasteiger partial charge in [-0.15, -0.1) is 24.0 Å². The third kappa shape index (κ3) is 5.97. The minimum Gasteiger partial charge on any atom is -0.357 e. The zero-order valence-electron chi connectivity index (χ0n) is 18.0. The van der Waals surface area contributed by atoms with Crippen LogP contribution in [0.1, 0.15) is 31.7 Å². The first kappa shape index (κ1) is 23.1. The van der Waals surface area contributed by atoms with E-state index in [1.807, 2.05) is 18.7 Å². The van der Waals surface area contributed by atoms with Crippen molar-refractivity contribution in [2.24, 2.45) is 10.9 Å². The maximum absolute atomic E-state index is 4.91. The number of imidazole rings is 1. The molecule has 0 spiro atoms. The molecular weight excluding hydrogens is 487 g/mol. The summed E-state index contributed by atoms with van der Waals surface area (Å²) in [5.41, 5.74) is 1.44. The molecule has 0 bridgehead atoms. The van der Waals surface area contributed by atoms with Crippen molar-refractivity contribution < 1.29 is 0 Å². The SMILES string of the molecule is CCNC(=NCCn1ccnc1)N1CCC2C(CCCN2Cc2ccccc2)C1.I. The molecule has 2 saturated heterocycles. The number of nitrogens with zero attached hydrogens (tertiary/aromatic N) is 5. The summed E-state index contributed by atoms with van der Waals surface area (Å²) in [5.74, 6) is 1.81. The van der Waals surface area contributed by atoms with Crippen LogP contribution < -0.4 is 5.32 Å². The number of fused-ring (bicyclic) bond motifs is 1. The van der Waals surface area contributed by atoms with Crippen LogP contribution in [0.4, 0.5) is 0 Å². The molecule has 2 atom stereocenters. The molecule has 0 saturated carbocycles. The minimum atomic E-state index is 0. The zero-order chi connectivity index (χ0) is 19.9. The van der Waals surface area contributed by atoms with Crippen molar-refractivity contribution in [2.75, 3.05) is 32.7 Å². The maximum Gasteiger partial charge on any atom is 0.193 e. The molecule has 4 rings (SSSR count). The molecule has 3 heterocycles. The highest BCUT2D eigenvalue weighted by atomic mass is 127. The number of guanidine groups is 1. The van der Waals surface area contributed by atoms with E-state index in [-0.39, 0.29) is 24.0 Å². The monoisotopic (exact) mass is 522 g/mol. The maximum atomic E-state index is 4.91. The first-order valence-corrected chi connectivity index (χ1v) is 11.1. The standard InChI is InChI=1S/C23H34N6.HI/c1-2-25-23(26-12-16-27-15-11-24-19-27)29-14-10-22-21(18-29)9-6-13-28(22)17-20-7-4-3-5-8-20;/h3-5,7-8,11,15,19,21-22H,2,6,9-10,12-14,16-18H2,1H3,(H,25,26);1H. The number of halogens is 1. The largest absolute Gasteiger partial charge is 0.357 e. The summed E-state index contributed by atoms with van der Waals surface area (Å²) in [7, 11) is 0. The quantitative estimate of drug-likeness (QED) is 0.359. The van der Waals surface area contributed by atoms with Crippen molar-refractivity contribution >= 4 is 29.9 Å². The molecule has 2 unspecified atom stereocenters. The second kappa shape index (κ2) is 11.7. The lowest BCUT2D eigenvalue weighted by Crippen LogP contribution is -2.56. The average molecular weight is 522 g/mol. The van der Waals surface area contributed by atoms with E-state index >= 15 is 0 Å². The number of aromatic nitrogens is 2. The molecule has 2 aliphatic rings. The summed E-state index contributed by atoms with van der Waals surface area (Å²) < 4.78 is 2.09. The molecule has 164 valence electrons. The van der Waals surface area contributed by atoms with Gasteiger partial charge < -0.3 is 14.8 Å². The van der Waals surface area contributed by atoms with Gasteiger partial charge in [-0.05, 0) is 44.2 Å². The smallest absolute Gasteiger partial charge is 0.193 e. The Morgan fingerprint density at radius 3 is 2.83 bits per heavy atom. The van der Waals surface area contributed by atoms with Gasteiger partial charge in [-0.3, -0.25) is 9.89 Å². The molecule has 0 aliphatic carbocycles. The van der Waals surface area contributed by atoms with Crippen LogP contribution in [-0.4, -0.2) is 64.1 Å². The number of nitrogens with one attached hydrogen (secondary N) is 1. The van der Waals surface area contributed by atoms with Crippen molar-refractivity contribution in [3.63, 3.8) is 0 Å². The van der Waals surface area contributed by atoms with Gasteiger partial charge in [-0.1, -0.05) is 30.3 Å². The van der Waals surface area contributed by atoms with E-state index in [0.717, 1.165) is 51.1 Å². The van der Waals surface area contributed by atoms with E-state index < -0.39 is 0 Å². The van der Waals surface area contributed by atoms with Gasteiger partial charge in [0.1, 0.15) is 0 Å². The van der Waals surface area contributed by atoms with Gasteiger partial charge in [0.15, 0.2) is 5.96 Å². The van der Waals surface area contributed by atoms with Crippen molar-refractivity contribution in [1.82, 2.24) is 24.7 Å². The topological polar surface area (TPSA) is 48.7 Å². The normalized spacial score (nSPS) is 22.3. The number of piperidine rings is 2. The van der Waals surface area contributed by atoms with Crippen molar-refractivity contribution in [2.45, 2.75) is 45.3 Å². The first-order valence-electron chi connectivity index (χ1n) is 11.1. The van der Waals surface area contributed by atoms with E-state index in [1.54, 1.807) is 0 Å². The van der Waals surface area contributed by atoms with Gasteiger partial charge in [-0.25, -0.2) is 4.98 Å². The van der Waals surface area contributed by atoms with Gasteiger partial charge in [0, 0.05) is 51.2 Å². The molecule has 2 fully saturated rings. The second-order valence-electron chi connectivity index (χ2n) is 8.20. The fraction of sp³-hybridized carbons (Fsp3) is 0.565. The molecule has 0 radical (unpaired) electrons. The Kier molecular flexibility index (Phi) is 8.99. The van der Waals surface area contributed by atoms with Gasteiger partial charge in [0.25, 0.3) is 0 Å². The Morgan fingerprint density at radius 2 is 2.07 bits per heavy atom. The lowest BCUT2D eigenvalue weighted by Gasteiger charge is -2.48. The lowest BCUT2D eigenvalue weighted by molar-refractivity contribution is 0.0372. The lowest BCUT2D eigenvalue weighted by atomic mass is 9.83. The highest BCUT2D eigenvalue weighted by Gasteiger charge is 2.36. The van der Waals surface area contributed by atoms with E-state index in [4.69, 9.17) is 4.99 Å². The third-order valence-corrected chi connectivity index (χ3v) is 6.22. The van der Waals surface area contributed by atoms with E-state index in [0.29, 0.717) is 6.04 Å². The van der Waals surface area contributed by atoms with Crippen LogP contribution in [-0.2, 0) is 13.1 Å². The Morgan fingerprint density at radius 1 is 1.20 bits per heavy atom. The number of benzene rings is 1. The summed E-state index contributed by atoms with van der Waals surface area (Å²) in [5, 5.41) is 3.52. The molecule has 2 aromatic rings. The van der Waals surface area contributed by atoms with Crippen molar-refractivity contribution in [1.29, 1.82) is 0 Å². The number of hydrogen-bond donors (Lipinski definition) is 1. The predicted octanol–water partition coefficient (Wildman–Crippen LogP) is 3.45. The fourth-order valence-corrected chi connectivity index (χ4v) is 4.83. The zero-order valence-corrected chi connectivity index (χ0v) is 20.3. The molecular formula is C23H35IN6. The van der Waals surface area contributed by atoms with E-state index in [2.05, 4.69) is 61.9 Å². The van der Waals surface area contributed by atoms with Gasteiger partial charge in [0.2, 0.25) is 0 Å². The van der Waals surface area contributed by atoms with Crippen LogP contribution in [0.2, 0.25) is 0 Å². The third-order valence-electron chi connectivity index (χ3n) is 6.22. The highest BCUT2D eigenvalue weighted by molar-refractivity contribution is 14.0. The number of aliphatic imine (C=N–C) groups is 1. The van der Waals surface area contributed by atoms with Crippen LogP contribution in [0.15, 0.2) is 54.0 Å². The fourth-order valence-electron chi connectivity index (χ4n) is 4.83. The Labute approximate surface area is 197 Å². The Hall–Kier alpha value is -1.61. The van der Waals surface area contributed by atoms with E-state index in [1.165, 1.54) is 31.4 Å². The second-order valence-corrected chi connectivity index (χ2v) is 8.20. The number of hydrogen-bond acceptors (Lipinski definition) is 3. The van der Waals surface area contributed by atoms with Crippen molar-refractivity contribution in [3.8, 4) is 0 Å². The molecule has 7 heteroatoms. The molecule has 0 amide bonds. The Balaban J connectivity index is 0.00000256. The van der Waals surface area contributed by atoms with Gasteiger partial charge >= 0.3 is 0 Å². The minimum absolute atomic E-state index is 0. The van der Waals surface area contributed by atoms with Gasteiger partial charge in [0.05, 0.1) is 12.9 Å². The Bertz CT molecular complexity index is 763. The number of rotatable bonds is 6. The van der Waals surface area contributed by atoms with Gasteiger partial charge in [-0.2, -0.15) is 0 Å². The van der Waals surface area contributed by atoms with Crippen LogP contribution in [0.5, 0.6) is 0 Å². The van der Waals surface area contributed by atoms with Crippen LogP contribution in [0.3, 0.4) is 0 Å². The summed E-state index contributed by atoms with van der Waals surface area (Å²) in [6, 6.07) is 11.6. The van der Waals surface area contributed by atoms with Crippen LogP contribution in [0.25, 0.3) is 0 Å². The molecule has 1 aromatic heterocycles. The number of likely N-dealkylation sites (tertiary alicyclic amines) is 2. The first-order chi connectivity index (χ1) is 14.3. The summed E-state index contributed by atoms with van der Waals surface area (Å²) in [6.45, 7) is 9.24. The molecule has 2 aliphatic heterocycles. The molecule has 6 nitrogen and oxygen atoms in total.